The van der Waals surface area contributed by atoms with Crippen LogP contribution < -0.4 is 0 Å². The normalized spacial score (nSPS) is 17.0. The molecule has 3 nitrogen and oxygen atoms in total. The van der Waals surface area contributed by atoms with Gasteiger partial charge in [0, 0.05) is 27.5 Å². The monoisotopic (exact) mass is 369 g/mol. The maximum absolute atomic E-state index is 12.2. The zero-order chi connectivity index (χ0) is 15.8. The largest absolute Gasteiger partial charge is 0.458 e. The molecule has 1 atom stereocenters. The molecule has 0 amide bonds. The fourth-order valence-electron chi connectivity index (χ4n) is 3.25. The average Bonchev–Trinajstić information content (AvgIpc) is 2.93. The van der Waals surface area contributed by atoms with Gasteiger partial charge in [-0.1, -0.05) is 34.1 Å². The van der Waals surface area contributed by atoms with Crippen LogP contribution in [0.15, 0.2) is 53.0 Å². The second-order valence-corrected chi connectivity index (χ2v) is 6.82. The van der Waals surface area contributed by atoms with Crippen molar-refractivity contribution < 1.29 is 9.53 Å². The lowest BCUT2D eigenvalue weighted by Crippen LogP contribution is -2.25. The number of benzene rings is 2. The third kappa shape index (κ3) is 2.79. The van der Waals surface area contributed by atoms with Crippen LogP contribution in [-0.2, 0) is 17.6 Å². The number of carbonyl (C=O) groups is 1. The average molecular weight is 370 g/mol. The molecule has 1 unspecified atom stereocenters. The summed E-state index contributed by atoms with van der Waals surface area (Å²) in [6.07, 6.45) is 2.48. The van der Waals surface area contributed by atoms with E-state index in [2.05, 4.69) is 33.0 Å². The van der Waals surface area contributed by atoms with E-state index in [-0.39, 0.29) is 12.1 Å². The molecule has 0 saturated carbocycles. The molecule has 0 fully saturated rings. The van der Waals surface area contributed by atoms with Crippen LogP contribution in [0.5, 0.6) is 0 Å². The number of ether oxygens (including phenoxy) is 1. The number of nitrogens with one attached hydrogen (secondary N) is 1. The van der Waals surface area contributed by atoms with Crippen molar-refractivity contribution in [2.75, 3.05) is 0 Å². The number of fused-ring (bicyclic) bond motifs is 3. The number of aryl methyl sites for hydroxylation is 1. The summed E-state index contributed by atoms with van der Waals surface area (Å²) in [4.78, 5) is 15.7. The molecule has 0 aliphatic heterocycles. The van der Waals surface area contributed by atoms with Crippen molar-refractivity contribution in [3.8, 4) is 0 Å². The van der Waals surface area contributed by atoms with E-state index in [0.717, 1.165) is 29.3 Å². The van der Waals surface area contributed by atoms with Gasteiger partial charge in [0.2, 0.25) is 0 Å². The molecule has 116 valence electrons. The fourth-order valence-corrected chi connectivity index (χ4v) is 3.61. The molecule has 1 aliphatic carbocycles. The van der Waals surface area contributed by atoms with Crippen molar-refractivity contribution in [2.24, 2.45) is 0 Å². The predicted octanol–water partition coefficient (Wildman–Crippen LogP) is 4.64. The number of rotatable bonds is 2. The van der Waals surface area contributed by atoms with E-state index in [9.17, 15) is 4.79 Å². The van der Waals surface area contributed by atoms with Crippen molar-refractivity contribution in [1.82, 2.24) is 4.98 Å². The third-order valence-corrected chi connectivity index (χ3v) is 4.88. The van der Waals surface area contributed by atoms with Crippen LogP contribution >= 0.6 is 15.9 Å². The van der Waals surface area contributed by atoms with Crippen LogP contribution in [0.4, 0.5) is 0 Å². The predicted molar refractivity (Wildman–Crippen MR) is 93.7 cm³/mol. The first-order valence-corrected chi connectivity index (χ1v) is 8.55. The molecule has 1 aliphatic rings. The number of halogens is 1. The molecule has 0 radical (unpaired) electrons. The van der Waals surface area contributed by atoms with Crippen molar-refractivity contribution in [1.29, 1.82) is 0 Å². The number of aromatic amines is 1. The first-order valence-electron chi connectivity index (χ1n) is 7.76. The summed E-state index contributed by atoms with van der Waals surface area (Å²) >= 11 is 3.53. The van der Waals surface area contributed by atoms with Gasteiger partial charge >= 0.3 is 5.97 Å². The van der Waals surface area contributed by atoms with Gasteiger partial charge in [0.25, 0.3) is 0 Å². The minimum absolute atomic E-state index is 0.0619. The first kappa shape index (κ1) is 14.5. The van der Waals surface area contributed by atoms with Gasteiger partial charge in [-0.25, -0.2) is 4.79 Å². The minimum Gasteiger partial charge on any atom is -0.458 e. The van der Waals surface area contributed by atoms with Gasteiger partial charge in [0.05, 0.1) is 5.56 Å². The van der Waals surface area contributed by atoms with E-state index in [1.165, 1.54) is 16.6 Å². The molecular weight excluding hydrogens is 354 g/mol. The van der Waals surface area contributed by atoms with Crippen LogP contribution in [-0.4, -0.2) is 17.1 Å². The van der Waals surface area contributed by atoms with E-state index < -0.39 is 0 Å². The zero-order valence-corrected chi connectivity index (χ0v) is 14.1. The molecule has 1 heterocycles. The lowest BCUT2D eigenvalue weighted by Gasteiger charge is -2.22. The number of hydrogen-bond acceptors (Lipinski definition) is 2. The molecule has 3 aromatic rings. The van der Waals surface area contributed by atoms with Gasteiger partial charge in [-0.15, -0.1) is 0 Å². The summed E-state index contributed by atoms with van der Waals surface area (Å²) in [5.74, 6) is -0.236. The lowest BCUT2D eigenvalue weighted by atomic mass is 9.93. The SMILES string of the molecule is O=C(OC1CCc2[nH]c3ccc(Br)cc3c2C1)c1ccccc1. The number of H-pyrrole nitrogens is 1. The number of carbonyl (C=O) groups excluding carboxylic acids is 1. The Morgan fingerprint density at radius 1 is 1.17 bits per heavy atom. The summed E-state index contributed by atoms with van der Waals surface area (Å²) in [6, 6.07) is 15.4. The Labute approximate surface area is 142 Å². The Morgan fingerprint density at radius 3 is 2.83 bits per heavy atom. The lowest BCUT2D eigenvalue weighted by molar-refractivity contribution is 0.0271. The summed E-state index contributed by atoms with van der Waals surface area (Å²) < 4.78 is 6.78. The number of esters is 1. The Hall–Kier alpha value is -2.07. The number of aromatic nitrogens is 1. The molecule has 1 N–H and O–H groups in total. The Bertz CT molecular complexity index is 870. The van der Waals surface area contributed by atoms with E-state index >= 15 is 0 Å². The summed E-state index contributed by atoms with van der Waals surface area (Å²) in [5.41, 5.74) is 4.30. The maximum Gasteiger partial charge on any atom is 0.338 e. The van der Waals surface area contributed by atoms with Gasteiger partial charge in [0.15, 0.2) is 0 Å². The van der Waals surface area contributed by atoms with Gasteiger partial charge in [-0.05, 0) is 48.7 Å². The second-order valence-electron chi connectivity index (χ2n) is 5.91. The Balaban J connectivity index is 1.57. The minimum atomic E-state index is -0.236. The molecule has 0 bridgehead atoms. The highest BCUT2D eigenvalue weighted by Gasteiger charge is 2.25. The van der Waals surface area contributed by atoms with Crippen LogP contribution in [0.3, 0.4) is 0 Å². The van der Waals surface area contributed by atoms with E-state index in [1.807, 2.05) is 24.3 Å². The van der Waals surface area contributed by atoms with Gasteiger partial charge in [-0.3, -0.25) is 0 Å². The molecule has 4 rings (SSSR count). The van der Waals surface area contributed by atoms with Crippen molar-refractivity contribution in [3.63, 3.8) is 0 Å². The molecule has 2 aromatic carbocycles. The van der Waals surface area contributed by atoms with Crippen LogP contribution in [0.1, 0.15) is 28.0 Å². The summed E-state index contributed by atoms with van der Waals surface area (Å²) in [6.45, 7) is 0. The van der Waals surface area contributed by atoms with Crippen LogP contribution in [0, 0.1) is 0 Å². The van der Waals surface area contributed by atoms with E-state index in [4.69, 9.17) is 4.74 Å². The quantitative estimate of drug-likeness (QED) is 0.668. The fraction of sp³-hybridized carbons (Fsp3) is 0.211. The number of hydrogen-bond donors (Lipinski definition) is 1. The smallest absolute Gasteiger partial charge is 0.338 e. The van der Waals surface area contributed by atoms with Gasteiger partial charge in [-0.2, -0.15) is 0 Å². The standard InChI is InChI=1S/C19H16BrNO2/c20-13-6-8-17-15(10-13)16-11-14(7-9-18(16)21-17)23-19(22)12-4-2-1-3-5-12/h1-6,8,10,14,21H,7,9,11H2. The van der Waals surface area contributed by atoms with E-state index in [0.29, 0.717) is 5.56 Å². The highest BCUT2D eigenvalue weighted by Crippen LogP contribution is 2.32. The van der Waals surface area contributed by atoms with Crippen LogP contribution in [0.25, 0.3) is 10.9 Å². The zero-order valence-electron chi connectivity index (χ0n) is 12.5. The highest BCUT2D eigenvalue weighted by atomic mass is 79.9. The molecule has 23 heavy (non-hydrogen) atoms. The summed E-state index contributed by atoms with van der Waals surface area (Å²) in [5, 5.41) is 1.22. The molecular formula is C19H16BrNO2. The highest BCUT2D eigenvalue weighted by molar-refractivity contribution is 9.10. The maximum atomic E-state index is 12.2. The third-order valence-electron chi connectivity index (χ3n) is 4.39. The summed E-state index contributed by atoms with van der Waals surface area (Å²) in [7, 11) is 0. The topological polar surface area (TPSA) is 42.1 Å². The van der Waals surface area contributed by atoms with Crippen molar-refractivity contribution in [3.05, 3.63) is 69.8 Å². The van der Waals surface area contributed by atoms with Gasteiger partial charge < -0.3 is 9.72 Å². The Kier molecular flexibility index (Phi) is 3.69. The Morgan fingerprint density at radius 2 is 2.00 bits per heavy atom. The van der Waals surface area contributed by atoms with Crippen molar-refractivity contribution >= 4 is 32.8 Å². The molecule has 0 saturated heterocycles. The molecule has 0 spiro atoms. The van der Waals surface area contributed by atoms with Crippen LogP contribution in [0.2, 0.25) is 0 Å². The van der Waals surface area contributed by atoms with E-state index in [1.54, 1.807) is 12.1 Å². The van der Waals surface area contributed by atoms with Gasteiger partial charge in [0.1, 0.15) is 6.10 Å². The first-order chi connectivity index (χ1) is 11.2. The molecule has 1 aromatic heterocycles. The second kappa shape index (κ2) is 5.85. The van der Waals surface area contributed by atoms with Crippen molar-refractivity contribution in [2.45, 2.75) is 25.4 Å². The molecule has 4 heteroatoms.